The van der Waals surface area contributed by atoms with Crippen molar-refractivity contribution in [2.24, 2.45) is 0 Å². The molecule has 0 aromatic carbocycles. The summed E-state index contributed by atoms with van der Waals surface area (Å²) in [5, 5.41) is 0. The van der Waals surface area contributed by atoms with Gasteiger partial charge in [-0.05, 0) is 6.92 Å². The van der Waals surface area contributed by atoms with E-state index in [0.29, 0.717) is 24.5 Å². The van der Waals surface area contributed by atoms with Crippen LogP contribution in [0.3, 0.4) is 0 Å². The van der Waals surface area contributed by atoms with Crippen molar-refractivity contribution in [3.05, 3.63) is 27.9 Å². The zero-order chi connectivity index (χ0) is 11.3. The second-order valence-electron chi connectivity index (χ2n) is 3.37. The molecule has 5 nitrogen and oxygen atoms in total. The summed E-state index contributed by atoms with van der Waals surface area (Å²) in [5.74, 6) is 0.629. The summed E-state index contributed by atoms with van der Waals surface area (Å²) < 4.78 is 10.0. The number of aromatic nitrogens is 2. The maximum atomic E-state index is 11.3. The molecule has 0 bridgehead atoms. The average molecular weight is 212 g/mol. The van der Waals surface area contributed by atoms with Gasteiger partial charge in [0.1, 0.15) is 5.82 Å². The first kappa shape index (κ1) is 11.9. The number of nitrogens with zero attached hydrogens (tertiary/aromatic N) is 1. The number of ether oxygens (including phenoxy) is 2. The number of hydrogen-bond acceptors (Lipinski definition) is 4. The summed E-state index contributed by atoms with van der Waals surface area (Å²) in [6.07, 6.45) is 0.620. The Balaban J connectivity index is 2.83. The second kappa shape index (κ2) is 5.63. The second-order valence-corrected chi connectivity index (χ2v) is 3.37. The van der Waals surface area contributed by atoms with Gasteiger partial charge in [-0.3, -0.25) is 4.79 Å². The third-order valence-electron chi connectivity index (χ3n) is 2.02. The minimum absolute atomic E-state index is 0.0333. The predicted octanol–water partition coefficient (Wildman–Crippen LogP) is 0.494. The normalized spacial score (nSPS) is 12.7. The van der Waals surface area contributed by atoms with Crippen LogP contribution in [0.5, 0.6) is 0 Å². The van der Waals surface area contributed by atoms with Crippen LogP contribution in [-0.4, -0.2) is 30.3 Å². The first-order chi connectivity index (χ1) is 7.15. The van der Waals surface area contributed by atoms with Crippen LogP contribution in [0.2, 0.25) is 0 Å². The largest absolute Gasteiger partial charge is 0.381 e. The summed E-state index contributed by atoms with van der Waals surface area (Å²) in [4.78, 5) is 18.2. The number of methoxy groups -OCH3 is 2. The number of H-pyrrole nitrogens is 1. The minimum atomic E-state index is -0.157. The Morgan fingerprint density at radius 1 is 1.53 bits per heavy atom. The third kappa shape index (κ3) is 3.81. The summed E-state index contributed by atoms with van der Waals surface area (Å²) in [6, 6.07) is 1.43. The van der Waals surface area contributed by atoms with Gasteiger partial charge >= 0.3 is 0 Å². The fraction of sp³-hybridized carbons (Fsp3) is 0.600. The van der Waals surface area contributed by atoms with Gasteiger partial charge in [0, 0.05) is 26.7 Å². The Kier molecular flexibility index (Phi) is 4.45. The highest BCUT2D eigenvalue weighted by Crippen LogP contribution is 1.99. The van der Waals surface area contributed by atoms with E-state index in [2.05, 4.69) is 9.97 Å². The SMILES string of the molecule is COCc1cc(=O)[nH]c(CC(C)OC)n1. The van der Waals surface area contributed by atoms with E-state index in [1.165, 1.54) is 6.07 Å². The summed E-state index contributed by atoms with van der Waals surface area (Å²) >= 11 is 0. The molecule has 1 unspecified atom stereocenters. The Labute approximate surface area is 88.4 Å². The van der Waals surface area contributed by atoms with Gasteiger partial charge in [-0.1, -0.05) is 0 Å². The maximum Gasteiger partial charge on any atom is 0.251 e. The first-order valence-corrected chi connectivity index (χ1v) is 4.76. The Morgan fingerprint density at radius 2 is 2.27 bits per heavy atom. The maximum absolute atomic E-state index is 11.3. The fourth-order valence-corrected chi connectivity index (χ4v) is 1.24. The molecule has 0 saturated carbocycles. The van der Waals surface area contributed by atoms with Gasteiger partial charge in [0.15, 0.2) is 0 Å². The molecular formula is C10H16N2O3. The van der Waals surface area contributed by atoms with E-state index in [1.807, 2.05) is 6.92 Å². The van der Waals surface area contributed by atoms with Crippen molar-refractivity contribution in [3.8, 4) is 0 Å². The van der Waals surface area contributed by atoms with E-state index in [1.54, 1.807) is 14.2 Å². The smallest absolute Gasteiger partial charge is 0.251 e. The zero-order valence-corrected chi connectivity index (χ0v) is 9.24. The van der Waals surface area contributed by atoms with Crippen molar-refractivity contribution in [3.63, 3.8) is 0 Å². The molecule has 0 saturated heterocycles. The van der Waals surface area contributed by atoms with E-state index in [-0.39, 0.29) is 11.7 Å². The topological polar surface area (TPSA) is 64.2 Å². The molecule has 1 N–H and O–H groups in total. The van der Waals surface area contributed by atoms with E-state index in [4.69, 9.17) is 9.47 Å². The molecule has 0 aliphatic rings. The van der Waals surface area contributed by atoms with Gasteiger partial charge in [0.2, 0.25) is 0 Å². The van der Waals surface area contributed by atoms with Gasteiger partial charge in [0.05, 0.1) is 18.4 Å². The van der Waals surface area contributed by atoms with Crippen LogP contribution in [-0.2, 0) is 22.5 Å². The van der Waals surface area contributed by atoms with E-state index < -0.39 is 0 Å². The van der Waals surface area contributed by atoms with Crippen molar-refractivity contribution in [2.75, 3.05) is 14.2 Å². The van der Waals surface area contributed by atoms with E-state index in [9.17, 15) is 4.79 Å². The molecule has 0 aliphatic carbocycles. The van der Waals surface area contributed by atoms with Crippen molar-refractivity contribution < 1.29 is 9.47 Å². The van der Waals surface area contributed by atoms with Gasteiger partial charge in [-0.25, -0.2) is 4.98 Å². The molecule has 0 amide bonds. The van der Waals surface area contributed by atoms with Crippen LogP contribution < -0.4 is 5.56 Å². The van der Waals surface area contributed by atoms with Crippen LogP contribution in [0.25, 0.3) is 0 Å². The molecule has 1 atom stereocenters. The number of nitrogens with one attached hydrogen (secondary N) is 1. The summed E-state index contributed by atoms with van der Waals surface area (Å²) in [5.41, 5.74) is 0.481. The molecule has 5 heteroatoms. The highest BCUT2D eigenvalue weighted by atomic mass is 16.5. The van der Waals surface area contributed by atoms with Crippen molar-refractivity contribution in [1.29, 1.82) is 0 Å². The highest BCUT2D eigenvalue weighted by molar-refractivity contribution is 5.02. The zero-order valence-electron chi connectivity index (χ0n) is 9.24. The minimum Gasteiger partial charge on any atom is -0.381 e. The van der Waals surface area contributed by atoms with E-state index >= 15 is 0 Å². The van der Waals surface area contributed by atoms with Crippen LogP contribution in [0.4, 0.5) is 0 Å². The molecule has 1 rings (SSSR count). The standard InChI is InChI=1S/C10H16N2O3/c1-7(15-3)4-9-11-8(6-14-2)5-10(13)12-9/h5,7H,4,6H2,1-3H3,(H,11,12,13). The van der Waals surface area contributed by atoms with Crippen molar-refractivity contribution in [1.82, 2.24) is 9.97 Å². The number of aromatic amines is 1. The summed E-state index contributed by atoms with van der Waals surface area (Å²) in [6.45, 7) is 2.27. The molecule has 84 valence electrons. The lowest BCUT2D eigenvalue weighted by atomic mass is 10.2. The van der Waals surface area contributed by atoms with Gasteiger partial charge in [-0.15, -0.1) is 0 Å². The molecule has 1 aromatic rings. The fourth-order valence-electron chi connectivity index (χ4n) is 1.24. The first-order valence-electron chi connectivity index (χ1n) is 4.76. The van der Waals surface area contributed by atoms with Gasteiger partial charge in [0.25, 0.3) is 5.56 Å². The molecule has 0 fully saturated rings. The quantitative estimate of drug-likeness (QED) is 0.771. The molecular weight excluding hydrogens is 196 g/mol. The Hall–Kier alpha value is -1.20. The molecule has 1 heterocycles. The highest BCUT2D eigenvalue weighted by Gasteiger charge is 2.05. The predicted molar refractivity (Wildman–Crippen MR) is 55.7 cm³/mol. The van der Waals surface area contributed by atoms with E-state index in [0.717, 1.165) is 0 Å². The molecule has 0 radical (unpaired) electrons. The lowest BCUT2D eigenvalue weighted by Crippen LogP contribution is -2.18. The van der Waals surface area contributed by atoms with Crippen molar-refractivity contribution in [2.45, 2.75) is 26.1 Å². The molecule has 0 spiro atoms. The number of hydrogen-bond donors (Lipinski definition) is 1. The molecule has 0 aliphatic heterocycles. The average Bonchev–Trinajstić information content (AvgIpc) is 2.17. The molecule has 1 aromatic heterocycles. The number of rotatable bonds is 5. The molecule has 15 heavy (non-hydrogen) atoms. The van der Waals surface area contributed by atoms with Gasteiger partial charge < -0.3 is 14.5 Å². The van der Waals surface area contributed by atoms with Crippen LogP contribution in [0, 0.1) is 0 Å². The van der Waals surface area contributed by atoms with Crippen LogP contribution in [0.1, 0.15) is 18.4 Å². The van der Waals surface area contributed by atoms with Gasteiger partial charge in [-0.2, -0.15) is 0 Å². The van der Waals surface area contributed by atoms with Crippen molar-refractivity contribution >= 4 is 0 Å². The van der Waals surface area contributed by atoms with Crippen LogP contribution in [0.15, 0.2) is 10.9 Å². The monoisotopic (exact) mass is 212 g/mol. The van der Waals surface area contributed by atoms with Crippen LogP contribution >= 0.6 is 0 Å². The third-order valence-corrected chi connectivity index (χ3v) is 2.02. The lowest BCUT2D eigenvalue weighted by Gasteiger charge is -2.08. The lowest BCUT2D eigenvalue weighted by molar-refractivity contribution is 0.116. The Bertz CT molecular complexity index is 362. The summed E-state index contributed by atoms with van der Waals surface area (Å²) in [7, 11) is 3.20. The Morgan fingerprint density at radius 3 is 2.87 bits per heavy atom.